The Bertz CT molecular complexity index is 1510. The summed E-state index contributed by atoms with van der Waals surface area (Å²) in [6, 6.07) is 9.18. The van der Waals surface area contributed by atoms with Gasteiger partial charge in [0.05, 0.1) is 35.3 Å². The first-order valence-electron chi connectivity index (χ1n) is 13.5. The molecule has 12 heteroatoms. The number of nitrogens with zero attached hydrogens (tertiary/aromatic N) is 5. The topological polar surface area (TPSA) is 138 Å². The molecule has 0 saturated carbocycles. The number of aromatic nitrogens is 4. The third-order valence-electron chi connectivity index (χ3n) is 7.38. The molecule has 0 bridgehead atoms. The number of nitrogens with one attached hydrogen (secondary N) is 1. The highest BCUT2D eigenvalue weighted by molar-refractivity contribution is 7.13. The van der Waals surface area contributed by atoms with Crippen molar-refractivity contribution in [2.24, 2.45) is 5.92 Å². The summed E-state index contributed by atoms with van der Waals surface area (Å²) in [6.45, 7) is 6.40. The van der Waals surface area contributed by atoms with E-state index in [4.69, 9.17) is 9.26 Å². The third kappa shape index (κ3) is 5.89. The Morgan fingerprint density at radius 2 is 2.05 bits per heavy atom. The predicted octanol–water partition coefficient (Wildman–Crippen LogP) is 4.18. The van der Waals surface area contributed by atoms with Crippen molar-refractivity contribution in [3.63, 3.8) is 0 Å². The number of carbonyl (C=O) groups is 2. The van der Waals surface area contributed by atoms with Gasteiger partial charge in [0.2, 0.25) is 5.91 Å². The molecular formula is C29H34N6O5S. The van der Waals surface area contributed by atoms with Crippen LogP contribution in [0.25, 0.3) is 10.4 Å². The van der Waals surface area contributed by atoms with Crippen molar-refractivity contribution in [1.29, 1.82) is 0 Å². The van der Waals surface area contributed by atoms with E-state index in [0.29, 0.717) is 30.4 Å². The number of aliphatic hydroxyl groups is 1. The molecule has 0 unspecified atom stereocenters. The van der Waals surface area contributed by atoms with Crippen molar-refractivity contribution < 1.29 is 24.0 Å². The third-order valence-corrected chi connectivity index (χ3v) is 8.36. The van der Waals surface area contributed by atoms with E-state index in [-0.39, 0.29) is 30.0 Å². The maximum atomic E-state index is 13.8. The number of rotatable bonds is 9. The van der Waals surface area contributed by atoms with Gasteiger partial charge in [-0.1, -0.05) is 38.1 Å². The zero-order chi connectivity index (χ0) is 29.3. The fourth-order valence-electron chi connectivity index (χ4n) is 5.24. The van der Waals surface area contributed by atoms with Gasteiger partial charge in [-0.25, -0.2) is 9.97 Å². The van der Waals surface area contributed by atoms with Gasteiger partial charge >= 0.3 is 0 Å². The number of imidazole rings is 1. The Hall–Kier alpha value is -4.03. The quantitative estimate of drug-likeness (QED) is 0.302. The van der Waals surface area contributed by atoms with Gasteiger partial charge in [0.15, 0.2) is 5.76 Å². The molecule has 2 N–H and O–H groups in total. The van der Waals surface area contributed by atoms with Crippen LogP contribution in [-0.4, -0.2) is 73.6 Å². The molecule has 4 aromatic rings. The van der Waals surface area contributed by atoms with Crippen molar-refractivity contribution in [2.45, 2.75) is 51.8 Å². The summed E-state index contributed by atoms with van der Waals surface area (Å²) in [5, 5.41) is 14.4. The zero-order valence-electron chi connectivity index (χ0n) is 23.7. The number of hydrogen-bond acceptors (Lipinski definition) is 9. The van der Waals surface area contributed by atoms with E-state index in [9.17, 15) is 14.7 Å². The lowest BCUT2D eigenvalue weighted by molar-refractivity contribution is -0.135. The molecule has 0 spiro atoms. The molecule has 1 aromatic carbocycles. The number of thiazole rings is 1. The summed E-state index contributed by atoms with van der Waals surface area (Å²) < 4.78 is 10.5. The van der Waals surface area contributed by atoms with E-state index in [1.807, 2.05) is 50.5 Å². The molecule has 0 radical (unpaired) electrons. The molecule has 3 atom stereocenters. The molecule has 11 nitrogen and oxygen atoms in total. The smallest absolute Gasteiger partial charge is 0.274 e. The Kier molecular flexibility index (Phi) is 8.22. The van der Waals surface area contributed by atoms with Crippen LogP contribution in [0.3, 0.4) is 0 Å². The standard InChI is InChI=1S/C29H34N6O5S/c1-16(2)25(23-11-24(39-5)33-40-23)29(38)35-14-20(36)10-22(35)27-30-12-21(32-27)28(37)34(4)13-18-6-8-19(9-7-18)26-17(3)31-15-41-26/h6-9,11-12,15-16,20,22,25,36H,10,13-14H2,1-5H3,(H,30,32)/t20-,22+,25+/m1/s1. The lowest BCUT2D eigenvalue weighted by Gasteiger charge is -2.28. The van der Waals surface area contributed by atoms with Crippen LogP contribution < -0.4 is 4.74 Å². The molecule has 1 aliphatic heterocycles. The number of ether oxygens (including phenoxy) is 1. The first-order chi connectivity index (χ1) is 19.7. The Balaban J connectivity index is 1.29. The largest absolute Gasteiger partial charge is 0.479 e. The van der Waals surface area contributed by atoms with Gasteiger partial charge in [-0.15, -0.1) is 11.3 Å². The molecule has 1 aliphatic rings. The van der Waals surface area contributed by atoms with Crippen molar-refractivity contribution in [3.8, 4) is 16.3 Å². The van der Waals surface area contributed by atoms with E-state index in [1.165, 1.54) is 7.11 Å². The lowest BCUT2D eigenvalue weighted by Crippen LogP contribution is -2.37. The molecule has 5 rings (SSSR count). The van der Waals surface area contributed by atoms with Gasteiger partial charge in [-0.2, -0.15) is 0 Å². The van der Waals surface area contributed by atoms with Crippen LogP contribution in [0.2, 0.25) is 0 Å². The van der Waals surface area contributed by atoms with Gasteiger partial charge in [-0.05, 0) is 29.1 Å². The monoisotopic (exact) mass is 578 g/mol. The number of methoxy groups -OCH3 is 1. The minimum absolute atomic E-state index is 0.0963. The zero-order valence-corrected chi connectivity index (χ0v) is 24.5. The van der Waals surface area contributed by atoms with Crippen LogP contribution in [-0.2, 0) is 11.3 Å². The minimum Gasteiger partial charge on any atom is -0.479 e. The molecule has 0 aliphatic carbocycles. The van der Waals surface area contributed by atoms with E-state index < -0.39 is 18.1 Å². The second-order valence-corrected chi connectivity index (χ2v) is 11.5. The average molecular weight is 579 g/mol. The molecular weight excluding hydrogens is 544 g/mol. The van der Waals surface area contributed by atoms with Gasteiger partial charge in [0, 0.05) is 38.8 Å². The number of aryl methyl sites for hydroxylation is 1. The molecule has 3 aromatic heterocycles. The van der Waals surface area contributed by atoms with Crippen LogP contribution in [0.15, 0.2) is 46.6 Å². The van der Waals surface area contributed by atoms with Crippen molar-refractivity contribution >= 4 is 23.2 Å². The van der Waals surface area contributed by atoms with E-state index in [2.05, 4.69) is 20.1 Å². The van der Waals surface area contributed by atoms with Crippen molar-refractivity contribution in [3.05, 3.63) is 70.6 Å². The number of carbonyl (C=O) groups excluding carboxylic acids is 2. The van der Waals surface area contributed by atoms with E-state index in [0.717, 1.165) is 21.7 Å². The summed E-state index contributed by atoms with van der Waals surface area (Å²) in [7, 11) is 3.21. The first-order valence-corrected chi connectivity index (χ1v) is 14.3. The number of H-pyrrole nitrogens is 1. The highest BCUT2D eigenvalue weighted by Gasteiger charge is 2.42. The summed E-state index contributed by atoms with van der Waals surface area (Å²) in [5.41, 5.74) is 5.16. The highest BCUT2D eigenvalue weighted by atomic mass is 32.1. The van der Waals surface area contributed by atoms with E-state index in [1.54, 1.807) is 40.4 Å². The van der Waals surface area contributed by atoms with Crippen LogP contribution in [0.1, 0.15) is 65.6 Å². The van der Waals surface area contributed by atoms with Crippen LogP contribution >= 0.6 is 11.3 Å². The van der Waals surface area contributed by atoms with Gasteiger partial charge in [-0.3, -0.25) is 9.59 Å². The predicted molar refractivity (Wildman–Crippen MR) is 152 cm³/mol. The van der Waals surface area contributed by atoms with Crippen molar-refractivity contribution in [2.75, 3.05) is 20.7 Å². The van der Waals surface area contributed by atoms with Gasteiger partial charge < -0.3 is 29.2 Å². The molecule has 1 fully saturated rings. The lowest BCUT2D eigenvalue weighted by atomic mass is 9.91. The summed E-state index contributed by atoms with van der Waals surface area (Å²) in [4.78, 5) is 43.3. The number of hydrogen-bond donors (Lipinski definition) is 2. The van der Waals surface area contributed by atoms with Crippen LogP contribution in [0, 0.1) is 12.8 Å². The highest BCUT2D eigenvalue weighted by Crippen LogP contribution is 2.37. The second-order valence-electron chi connectivity index (χ2n) is 10.7. The average Bonchev–Trinajstić information content (AvgIpc) is 3.75. The first kappa shape index (κ1) is 28.5. The Labute approximate surface area is 242 Å². The maximum absolute atomic E-state index is 13.8. The second kappa shape index (κ2) is 11.8. The summed E-state index contributed by atoms with van der Waals surface area (Å²) in [6.07, 6.45) is 1.14. The minimum atomic E-state index is -0.718. The number of amides is 2. The van der Waals surface area contributed by atoms with Crippen LogP contribution in [0.4, 0.5) is 0 Å². The number of β-amino-alcohol motifs (C(OH)–C–C–N with tert-alkyl or cyclic N) is 1. The molecule has 4 heterocycles. The summed E-state index contributed by atoms with van der Waals surface area (Å²) >= 11 is 1.60. The molecule has 1 saturated heterocycles. The summed E-state index contributed by atoms with van der Waals surface area (Å²) in [5.74, 6) is -0.0315. The normalized spacial score (nSPS) is 17.7. The molecule has 216 valence electrons. The van der Waals surface area contributed by atoms with Gasteiger partial charge in [0.25, 0.3) is 11.8 Å². The Morgan fingerprint density at radius 3 is 2.68 bits per heavy atom. The van der Waals surface area contributed by atoms with E-state index >= 15 is 0 Å². The van der Waals surface area contributed by atoms with Crippen molar-refractivity contribution in [1.82, 2.24) is 29.9 Å². The number of benzene rings is 1. The fraction of sp³-hybridized carbons (Fsp3) is 0.414. The molecule has 41 heavy (non-hydrogen) atoms. The number of likely N-dealkylation sites (tertiary alicyclic amines) is 1. The maximum Gasteiger partial charge on any atom is 0.274 e. The fourth-order valence-corrected chi connectivity index (χ4v) is 6.06. The number of aromatic amines is 1. The number of aliphatic hydroxyl groups excluding tert-OH is 1. The SMILES string of the molecule is COc1cc([C@@H](C(=O)N2C[C@H](O)C[C@H]2c2nc(C(=O)N(C)Cc3ccc(-c4scnc4C)cc3)c[nH]2)C(C)C)on1. The Morgan fingerprint density at radius 1 is 1.29 bits per heavy atom. The molecule has 2 amide bonds. The van der Waals surface area contributed by atoms with Crippen LogP contribution in [0.5, 0.6) is 5.88 Å². The van der Waals surface area contributed by atoms with Gasteiger partial charge in [0.1, 0.15) is 17.4 Å².